The van der Waals surface area contributed by atoms with E-state index in [-0.39, 0.29) is 23.6 Å². The third-order valence-corrected chi connectivity index (χ3v) is 5.18. The molecule has 0 spiro atoms. The average molecular weight is 364 g/mol. The fourth-order valence-corrected chi connectivity index (χ4v) is 3.90. The van der Waals surface area contributed by atoms with Gasteiger partial charge in [0.05, 0.1) is 23.1 Å². The first-order valence-electron chi connectivity index (χ1n) is 8.50. The van der Waals surface area contributed by atoms with Crippen molar-refractivity contribution in [3.05, 3.63) is 46.3 Å². The third kappa shape index (κ3) is 2.64. The molecule has 5 nitrogen and oxygen atoms in total. The largest absolute Gasteiger partial charge is 0.416 e. The van der Waals surface area contributed by atoms with Crippen LogP contribution in [0.4, 0.5) is 18.9 Å². The predicted molar refractivity (Wildman–Crippen MR) is 89.8 cm³/mol. The molecule has 1 amide bonds. The Kier molecular flexibility index (Phi) is 3.75. The zero-order valence-corrected chi connectivity index (χ0v) is 14.6. The van der Waals surface area contributed by atoms with Crippen molar-refractivity contribution in [3.8, 4) is 0 Å². The zero-order chi connectivity index (χ0) is 18.6. The number of halogens is 3. The van der Waals surface area contributed by atoms with Gasteiger partial charge >= 0.3 is 6.18 Å². The summed E-state index contributed by atoms with van der Waals surface area (Å²) in [7, 11) is 3.39. The fourth-order valence-electron chi connectivity index (χ4n) is 3.90. The Labute approximate surface area is 149 Å². The highest BCUT2D eigenvalue weighted by Crippen LogP contribution is 2.38. The molecule has 0 atom stereocenters. The summed E-state index contributed by atoms with van der Waals surface area (Å²) in [6.07, 6.45) is -0.896. The van der Waals surface area contributed by atoms with Crippen LogP contribution in [0.1, 0.15) is 39.2 Å². The summed E-state index contributed by atoms with van der Waals surface area (Å²) >= 11 is 0. The topological polar surface area (TPSA) is 41.4 Å². The van der Waals surface area contributed by atoms with Gasteiger partial charge in [0.25, 0.3) is 5.91 Å². The van der Waals surface area contributed by atoms with E-state index < -0.39 is 11.7 Å². The molecule has 8 heteroatoms. The number of amides is 1. The molecule has 2 aromatic rings. The van der Waals surface area contributed by atoms with Gasteiger partial charge in [-0.3, -0.25) is 9.48 Å². The van der Waals surface area contributed by atoms with Gasteiger partial charge in [-0.2, -0.15) is 18.3 Å². The van der Waals surface area contributed by atoms with Gasteiger partial charge in [-0.25, -0.2) is 0 Å². The Morgan fingerprint density at radius 1 is 1.23 bits per heavy atom. The van der Waals surface area contributed by atoms with Crippen LogP contribution in [-0.4, -0.2) is 34.2 Å². The number of carbonyl (C=O) groups excluding carboxylic acids is 1. The monoisotopic (exact) mass is 364 g/mol. The number of anilines is 1. The Morgan fingerprint density at radius 3 is 2.73 bits per heavy atom. The van der Waals surface area contributed by atoms with Crippen LogP contribution in [0.25, 0.3) is 0 Å². The van der Waals surface area contributed by atoms with E-state index in [2.05, 4.69) is 5.10 Å². The maximum absolute atomic E-state index is 13.5. The van der Waals surface area contributed by atoms with E-state index in [4.69, 9.17) is 0 Å². The number of carbonyl (C=O) groups is 1. The summed E-state index contributed by atoms with van der Waals surface area (Å²) in [5.41, 5.74) is 2.08. The van der Waals surface area contributed by atoms with Gasteiger partial charge in [-0.05, 0) is 36.1 Å². The van der Waals surface area contributed by atoms with Crippen molar-refractivity contribution in [2.24, 2.45) is 7.05 Å². The van der Waals surface area contributed by atoms with E-state index in [9.17, 15) is 18.0 Å². The molecule has 0 bridgehead atoms. The van der Waals surface area contributed by atoms with Gasteiger partial charge in [0.2, 0.25) is 0 Å². The van der Waals surface area contributed by atoms with Gasteiger partial charge in [0.15, 0.2) is 0 Å². The number of fused-ring (bicyclic) bond motifs is 2. The number of alkyl halides is 3. The van der Waals surface area contributed by atoms with Crippen LogP contribution in [0.15, 0.2) is 18.3 Å². The van der Waals surface area contributed by atoms with Crippen LogP contribution in [0.5, 0.6) is 0 Å². The number of aryl methyl sites for hydroxylation is 1. The molecule has 26 heavy (non-hydrogen) atoms. The number of nitrogens with zero attached hydrogens (tertiary/aromatic N) is 4. The van der Waals surface area contributed by atoms with Crippen molar-refractivity contribution >= 4 is 11.6 Å². The predicted octanol–water partition coefficient (Wildman–Crippen LogP) is 2.98. The Morgan fingerprint density at radius 2 is 2.00 bits per heavy atom. The minimum Gasteiger partial charge on any atom is -0.364 e. The maximum Gasteiger partial charge on any atom is 0.416 e. The first kappa shape index (κ1) is 16.9. The number of benzene rings is 1. The molecule has 0 radical (unpaired) electrons. The first-order chi connectivity index (χ1) is 12.3. The van der Waals surface area contributed by atoms with Crippen molar-refractivity contribution < 1.29 is 18.0 Å². The standard InChI is InChI=1S/C18H19F3N4O/c1-23-10-13-12(17(23)26)6-11(7-14(13)18(19,20)21)9-25-5-3-4-15-16(25)8-22-24(15)2/h6-8H,3-5,9-10H2,1-2H3. The number of rotatable bonds is 2. The quantitative estimate of drug-likeness (QED) is 0.823. The summed E-state index contributed by atoms with van der Waals surface area (Å²) < 4.78 is 42.4. The normalized spacial score (nSPS) is 16.9. The summed E-state index contributed by atoms with van der Waals surface area (Å²) in [6, 6.07) is 2.80. The minimum absolute atomic E-state index is 0.000240. The molecule has 4 rings (SSSR count). The number of hydrogen-bond acceptors (Lipinski definition) is 3. The molecule has 3 heterocycles. The van der Waals surface area contributed by atoms with Gasteiger partial charge in [0.1, 0.15) is 0 Å². The highest BCUT2D eigenvalue weighted by molar-refractivity contribution is 5.98. The van der Waals surface area contributed by atoms with Crippen LogP contribution < -0.4 is 4.90 Å². The van der Waals surface area contributed by atoms with Crippen molar-refractivity contribution in [2.45, 2.75) is 32.1 Å². The molecular formula is C18H19F3N4O. The van der Waals surface area contributed by atoms with Crippen LogP contribution in [0.3, 0.4) is 0 Å². The van der Waals surface area contributed by atoms with Crippen LogP contribution >= 0.6 is 0 Å². The molecule has 2 aliphatic rings. The van der Waals surface area contributed by atoms with Crippen molar-refractivity contribution in [1.29, 1.82) is 0 Å². The minimum atomic E-state index is -4.48. The van der Waals surface area contributed by atoms with Gasteiger partial charge in [-0.1, -0.05) is 0 Å². The average Bonchev–Trinajstić information content (AvgIpc) is 3.09. The van der Waals surface area contributed by atoms with Crippen molar-refractivity contribution in [2.75, 3.05) is 18.5 Å². The molecule has 1 aromatic carbocycles. The fraction of sp³-hybridized carbons (Fsp3) is 0.444. The zero-order valence-electron chi connectivity index (χ0n) is 14.6. The molecule has 138 valence electrons. The summed E-state index contributed by atoms with van der Waals surface area (Å²) in [5.74, 6) is -0.354. The van der Waals surface area contributed by atoms with E-state index in [1.807, 2.05) is 16.6 Å². The van der Waals surface area contributed by atoms with Gasteiger partial charge < -0.3 is 9.80 Å². The smallest absolute Gasteiger partial charge is 0.364 e. The van der Waals surface area contributed by atoms with Gasteiger partial charge in [0, 0.05) is 39.3 Å². The lowest BCUT2D eigenvalue weighted by atomic mass is 9.98. The molecule has 0 fully saturated rings. The molecule has 0 aliphatic carbocycles. The molecule has 0 unspecified atom stereocenters. The van der Waals surface area contributed by atoms with E-state index >= 15 is 0 Å². The van der Waals surface area contributed by atoms with Crippen LogP contribution in [-0.2, 0) is 32.7 Å². The van der Waals surface area contributed by atoms with E-state index in [1.54, 1.807) is 12.3 Å². The van der Waals surface area contributed by atoms with E-state index in [0.29, 0.717) is 12.1 Å². The molecular weight excluding hydrogens is 345 g/mol. The molecule has 0 saturated carbocycles. The molecule has 0 saturated heterocycles. The maximum atomic E-state index is 13.5. The second-order valence-electron chi connectivity index (χ2n) is 6.95. The SMILES string of the molecule is CN1Cc2c(cc(CN3CCCc4c3cnn4C)cc2C(F)(F)F)C1=O. The second-order valence-corrected chi connectivity index (χ2v) is 6.95. The van der Waals surface area contributed by atoms with Crippen LogP contribution in [0.2, 0.25) is 0 Å². The van der Waals surface area contributed by atoms with Crippen molar-refractivity contribution in [3.63, 3.8) is 0 Å². The molecule has 0 N–H and O–H groups in total. The Balaban J connectivity index is 1.74. The Bertz CT molecular complexity index is 887. The summed E-state index contributed by atoms with van der Waals surface area (Å²) in [5, 5.41) is 4.26. The van der Waals surface area contributed by atoms with E-state index in [0.717, 1.165) is 30.8 Å². The lowest BCUT2D eigenvalue weighted by Gasteiger charge is -2.29. The third-order valence-electron chi connectivity index (χ3n) is 5.18. The lowest BCUT2D eigenvalue weighted by molar-refractivity contribution is -0.138. The summed E-state index contributed by atoms with van der Waals surface area (Å²) in [4.78, 5) is 15.6. The Hall–Kier alpha value is -2.51. The highest BCUT2D eigenvalue weighted by Gasteiger charge is 2.39. The molecule has 2 aliphatic heterocycles. The number of hydrogen-bond donors (Lipinski definition) is 0. The number of aromatic nitrogens is 2. The summed E-state index contributed by atoms with van der Waals surface area (Å²) in [6.45, 7) is 1.08. The second kappa shape index (κ2) is 5.75. The molecule has 1 aromatic heterocycles. The van der Waals surface area contributed by atoms with E-state index in [1.165, 1.54) is 18.0 Å². The van der Waals surface area contributed by atoms with Crippen molar-refractivity contribution in [1.82, 2.24) is 14.7 Å². The first-order valence-corrected chi connectivity index (χ1v) is 8.50. The van der Waals surface area contributed by atoms with Crippen LogP contribution in [0, 0.1) is 0 Å². The highest BCUT2D eigenvalue weighted by atomic mass is 19.4. The lowest BCUT2D eigenvalue weighted by Crippen LogP contribution is -2.29. The van der Waals surface area contributed by atoms with Gasteiger partial charge in [-0.15, -0.1) is 0 Å².